The van der Waals surface area contributed by atoms with Gasteiger partial charge in [0.1, 0.15) is 23.8 Å². The van der Waals surface area contributed by atoms with Gasteiger partial charge in [0, 0.05) is 5.69 Å². The molecule has 0 aromatic heterocycles. The number of benzene rings is 4. The van der Waals surface area contributed by atoms with Crippen LogP contribution >= 0.6 is 0 Å². The molecule has 4 aromatic rings. The predicted molar refractivity (Wildman–Crippen MR) is 140 cm³/mol. The molecule has 0 fully saturated rings. The number of nitrogens with one attached hydrogen (secondary N) is 1. The maximum absolute atomic E-state index is 13.6. The van der Waals surface area contributed by atoms with Crippen LogP contribution in [0.3, 0.4) is 0 Å². The van der Waals surface area contributed by atoms with Crippen LogP contribution in [0.1, 0.15) is 5.56 Å². The topological polar surface area (TPSA) is 84.9 Å². The van der Waals surface area contributed by atoms with Gasteiger partial charge in [-0.2, -0.15) is 0 Å². The fourth-order valence-corrected chi connectivity index (χ4v) is 4.97. The molecule has 0 unspecified atom stereocenters. The van der Waals surface area contributed by atoms with Crippen LogP contribution in [-0.4, -0.2) is 28.0 Å². The summed E-state index contributed by atoms with van der Waals surface area (Å²) in [4.78, 5) is 13.1. The lowest BCUT2D eigenvalue weighted by Gasteiger charge is -2.25. The smallest absolute Gasteiger partial charge is 0.264 e. The molecule has 7 nitrogen and oxygen atoms in total. The highest BCUT2D eigenvalue weighted by Gasteiger charge is 2.29. The van der Waals surface area contributed by atoms with Crippen molar-refractivity contribution in [2.75, 3.05) is 23.3 Å². The van der Waals surface area contributed by atoms with Crippen molar-refractivity contribution in [2.24, 2.45) is 0 Å². The summed E-state index contributed by atoms with van der Waals surface area (Å²) >= 11 is 0. The number of anilines is 2. The second-order valence-electron chi connectivity index (χ2n) is 7.98. The number of amides is 1. The van der Waals surface area contributed by atoms with Gasteiger partial charge in [-0.15, -0.1) is 0 Å². The first kappa shape index (κ1) is 24.8. The third-order valence-electron chi connectivity index (χ3n) is 5.37. The molecule has 0 saturated carbocycles. The molecule has 0 aliphatic carbocycles. The Hall–Kier alpha value is -4.30. The van der Waals surface area contributed by atoms with E-state index in [0.29, 0.717) is 22.9 Å². The zero-order chi connectivity index (χ0) is 25.5. The molecule has 1 N–H and O–H groups in total. The molecule has 0 aliphatic rings. The molecule has 184 valence electrons. The van der Waals surface area contributed by atoms with Gasteiger partial charge >= 0.3 is 0 Å². The lowest BCUT2D eigenvalue weighted by Crippen LogP contribution is -2.38. The zero-order valence-corrected chi connectivity index (χ0v) is 20.7. The number of methoxy groups -OCH3 is 1. The second kappa shape index (κ2) is 11.0. The van der Waals surface area contributed by atoms with Crippen molar-refractivity contribution in [3.63, 3.8) is 0 Å². The van der Waals surface area contributed by atoms with Crippen molar-refractivity contribution >= 4 is 27.3 Å². The third-order valence-corrected chi connectivity index (χ3v) is 7.14. The summed E-state index contributed by atoms with van der Waals surface area (Å²) in [6.45, 7) is 1.43. The van der Waals surface area contributed by atoms with Gasteiger partial charge < -0.3 is 14.8 Å². The molecule has 0 atom stereocenters. The number of hydrogen-bond donors (Lipinski definition) is 1. The van der Waals surface area contributed by atoms with Gasteiger partial charge in [0.05, 0.1) is 17.7 Å². The first-order valence-electron chi connectivity index (χ1n) is 11.2. The Morgan fingerprint density at radius 2 is 1.42 bits per heavy atom. The Bertz CT molecular complexity index is 1420. The predicted octanol–water partition coefficient (Wildman–Crippen LogP) is 5.63. The van der Waals surface area contributed by atoms with Gasteiger partial charge in [0.2, 0.25) is 5.91 Å². The van der Waals surface area contributed by atoms with Crippen molar-refractivity contribution in [1.82, 2.24) is 0 Å². The van der Waals surface area contributed by atoms with Crippen LogP contribution in [0.15, 0.2) is 108 Å². The molecule has 1 amide bonds. The first-order valence-corrected chi connectivity index (χ1v) is 12.7. The van der Waals surface area contributed by atoms with Crippen molar-refractivity contribution in [1.29, 1.82) is 0 Å². The largest absolute Gasteiger partial charge is 0.495 e. The van der Waals surface area contributed by atoms with Crippen LogP contribution < -0.4 is 19.1 Å². The molecule has 0 saturated heterocycles. The van der Waals surface area contributed by atoms with E-state index in [9.17, 15) is 13.2 Å². The molecule has 0 heterocycles. The van der Waals surface area contributed by atoms with Crippen molar-refractivity contribution in [2.45, 2.75) is 11.8 Å². The monoisotopic (exact) mass is 502 g/mol. The zero-order valence-electron chi connectivity index (χ0n) is 19.9. The maximum Gasteiger partial charge on any atom is 0.264 e. The van der Waals surface area contributed by atoms with Crippen molar-refractivity contribution < 1.29 is 22.7 Å². The van der Waals surface area contributed by atoms with Gasteiger partial charge in [0.25, 0.3) is 10.0 Å². The molecule has 0 spiro atoms. The number of nitrogens with zero attached hydrogens (tertiary/aromatic N) is 1. The average Bonchev–Trinajstić information content (AvgIpc) is 2.89. The number of para-hydroxylation sites is 3. The van der Waals surface area contributed by atoms with Crippen LogP contribution in [0.2, 0.25) is 0 Å². The van der Waals surface area contributed by atoms with E-state index in [2.05, 4.69) is 5.32 Å². The number of hydrogen-bond acceptors (Lipinski definition) is 5. The summed E-state index contributed by atoms with van der Waals surface area (Å²) < 4.78 is 39.4. The summed E-state index contributed by atoms with van der Waals surface area (Å²) in [6.07, 6.45) is 0. The van der Waals surface area contributed by atoms with E-state index in [4.69, 9.17) is 9.47 Å². The molecule has 36 heavy (non-hydrogen) atoms. The minimum Gasteiger partial charge on any atom is -0.495 e. The summed E-state index contributed by atoms with van der Waals surface area (Å²) in [5.41, 5.74) is 1.70. The molecular formula is C28H26N2O5S. The molecular weight excluding hydrogens is 476 g/mol. The molecule has 0 bridgehead atoms. The Kier molecular flexibility index (Phi) is 7.56. The van der Waals surface area contributed by atoms with Gasteiger partial charge in [-0.3, -0.25) is 9.10 Å². The fraction of sp³-hybridized carbons (Fsp3) is 0.107. The highest BCUT2D eigenvalue weighted by molar-refractivity contribution is 7.92. The van der Waals surface area contributed by atoms with Crippen LogP contribution in [-0.2, 0) is 14.8 Å². The van der Waals surface area contributed by atoms with E-state index in [1.165, 1.54) is 19.2 Å². The highest BCUT2D eigenvalue weighted by atomic mass is 32.2. The van der Waals surface area contributed by atoms with Crippen LogP contribution in [0, 0.1) is 6.92 Å². The fourth-order valence-electron chi connectivity index (χ4n) is 3.53. The standard InChI is InChI=1S/C28H26N2O5S/c1-21-12-18-25(19-13-21)36(32,33)30(26-10-6-7-11-27(26)34-2)20-28(31)29-22-14-16-24(17-15-22)35-23-8-4-3-5-9-23/h3-19H,20H2,1-2H3,(H,29,31). The Balaban J connectivity index is 1.56. The van der Waals surface area contributed by atoms with Gasteiger partial charge in [0.15, 0.2) is 0 Å². The number of aryl methyl sites for hydroxylation is 1. The normalized spacial score (nSPS) is 10.9. The van der Waals surface area contributed by atoms with Crippen LogP contribution in [0.5, 0.6) is 17.2 Å². The maximum atomic E-state index is 13.6. The second-order valence-corrected chi connectivity index (χ2v) is 9.85. The number of rotatable bonds is 9. The van der Waals surface area contributed by atoms with E-state index in [1.807, 2.05) is 37.3 Å². The lowest BCUT2D eigenvalue weighted by atomic mass is 10.2. The molecule has 4 rings (SSSR count). The van der Waals surface area contributed by atoms with Gasteiger partial charge in [-0.1, -0.05) is 48.0 Å². The van der Waals surface area contributed by atoms with Crippen LogP contribution in [0.25, 0.3) is 0 Å². The SMILES string of the molecule is COc1ccccc1N(CC(=O)Nc1ccc(Oc2ccccc2)cc1)S(=O)(=O)c1ccc(C)cc1. The lowest BCUT2D eigenvalue weighted by molar-refractivity contribution is -0.114. The summed E-state index contributed by atoms with van der Waals surface area (Å²) in [6, 6.07) is 29.3. The molecule has 8 heteroatoms. The third kappa shape index (κ3) is 5.84. The minimum atomic E-state index is -4.06. The van der Waals surface area contributed by atoms with E-state index >= 15 is 0 Å². The first-order chi connectivity index (χ1) is 17.4. The Morgan fingerprint density at radius 3 is 2.08 bits per heavy atom. The number of carbonyl (C=O) groups is 1. The van der Waals surface area contributed by atoms with Crippen molar-refractivity contribution in [3.05, 3.63) is 109 Å². The number of sulfonamides is 1. The van der Waals surface area contributed by atoms with Crippen molar-refractivity contribution in [3.8, 4) is 17.2 Å². The summed E-state index contributed by atoms with van der Waals surface area (Å²) in [7, 11) is -2.61. The quantitative estimate of drug-likeness (QED) is 0.321. The van der Waals surface area contributed by atoms with E-state index in [-0.39, 0.29) is 10.6 Å². The Labute approximate surface area is 211 Å². The molecule has 0 radical (unpaired) electrons. The highest BCUT2D eigenvalue weighted by Crippen LogP contribution is 2.32. The number of ether oxygens (including phenoxy) is 2. The summed E-state index contributed by atoms with van der Waals surface area (Å²) in [5, 5.41) is 2.76. The molecule has 4 aromatic carbocycles. The minimum absolute atomic E-state index is 0.0780. The van der Waals surface area contributed by atoms with Gasteiger partial charge in [-0.05, 0) is 67.6 Å². The number of carbonyl (C=O) groups excluding carboxylic acids is 1. The van der Waals surface area contributed by atoms with Crippen LogP contribution in [0.4, 0.5) is 11.4 Å². The van der Waals surface area contributed by atoms with E-state index in [0.717, 1.165) is 9.87 Å². The molecule has 0 aliphatic heterocycles. The average molecular weight is 503 g/mol. The van der Waals surface area contributed by atoms with Gasteiger partial charge in [-0.25, -0.2) is 8.42 Å². The van der Waals surface area contributed by atoms with E-state index in [1.54, 1.807) is 60.7 Å². The Morgan fingerprint density at radius 1 is 0.806 bits per heavy atom. The van der Waals surface area contributed by atoms with E-state index < -0.39 is 22.5 Å². The summed E-state index contributed by atoms with van der Waals surface area (Å²) in [5.74, 6) is 1.14.